The quantitative estimate of drug-likeness (QED) is 0.310. The highest BCUT2D eigenvalue weighted by molar-refractivity contribution is 7.62. The Morgan fingerprint density at radius 2 is 1.50 bits per heavy atom. The molecule has 0 aliphatic heterocycles. The van der Waals surface area contributed by atoms with Crippen molar-refractivity contribution in [1.29, 1.82) is 0 Å². The normalized spacial score (nSPS) is 13.8. The van der Waals surface area contributed by atoms with Crippen molar-refractivity contribution in [3.8, 4) is 0 Å². The predicted octanol–water partition coefficient (Wildman–Crippen LogP) is 2.89. The topological polar surface area (TPSA) is 18.5 Å². The van der Waals surface area contributed by atoms with Gasteiger partial charge in [-0.3, -0.25) is 0 Å². The van der Waals surface area contributed by atoms with Crippen LogP contribution < -0.4 is 0 Å². The Morgan fingerprint density at radius 1 is 1.10 bits per heavy atom. The van der Waals surface area contributed by atoms with E-state index in [1.54, 1.807) is 20.8 Å². The van der Waals surface area contributed by atoms with Crippen LogP contribution >= 0.6 is 33.2 Å². The average molecular weight is 224 g/mol. The van der Waals surface area contributed by atoms with E-state index in [2.05, 4.69) is 4.58 Å². The fraction of sp³-hybridized carbons (Fsp3) is 1.00. The van der Waals surface area contributed by atoms with Crippen LogP contribution in [0.4, 0.5) is 0 Å². The summed E-state index contributed by atoms with van der Waals surface area (Å²) in [6, 6.07) is 0. The summed E-state index contributed by atoms with van der Waals surface area (Å²) < 4.78 is 4.53. The number of hydrogen-bond acceptors (Lipinski definition) is 2. The number of hydrogen-bond donors (Lipinski definition) is 0. The zero-order chi connectivity index (χ0) is 8.41. The van der Waals surface area contributed by atoms with Crippen molar-refractivity contribution in [3.63, 3.8) is 0 Å². The Labute approximate surface area is 75.5 Å². The highest BCUT2D eigenvalue weighted by Gasteiger charge is 2.31. The predicted molar refractivity (Wildman–Crippen MR) is 45.2 cm³/mol. The molecular formula is C4H9Cl3O2Si. The summed E-state index contributed by atoms with van der Waals surface area (Å²) in [7, 11) is 0. The summed E-state index contributed by atoms with van der Waals surface area (Å²) in [6.45, 7) is 5.41. The minimum absolute atomic E-state index is 0.434. The standard InChI is InChI=1S/C4H9Cl3O2Si/c1-4(2,3)8-9-10(5,6)7/h1-3H3. The molecule has 6 heteroatoms. The molecule has 10 heavy (non-hydrogen) atoms. The second kappa shape index (κ2) is 3.60. The smallest absolute Gasteiger partial charge is 0.238 e. The van der Waals surface area contributed by atoms with Crippen LogP contribution in [0, 0.1) is 0 Å². The zero-order valence-corrected chi connectivity index (χ0v) is 9.22. The molecule has 0 heterocycles. The number of halogens is 3. The summed E-state index contributed by atoms with van der Waals surface area (Å²) in [5, 5.41) is 0. The molecule has 0 spiro atoms. The van der Waals surface area contributed by atoms with E-state index >= 15 is 0 Å². The molecule has 2 nitrogen and oxygen atoms in total. The first-order chi connectivity index (χ1) is 4.21. The van der Waals surface area contributed by atoms with Crippen molar-refractivity contribution in [2.45, 2.75) is 26.4 Å². The maximum Gasteiger partial charge on any atom is 0.523 e. The molecule has 62 valence electrons. The molecule has 0 N–H and O–H groups in total. The van der Waals surface area contributed by atoms with Crippen molar-refractivity contribution in [3.05, 3.63) is 0 Å². The maximum absolute atomic E-state index is 5.36. The first-order valence-electron chi connectivity index (χ1n) is 2.64. The van der Waals surface area contributed by atoms with Crippen molar-refractivity contribution in [2.24, 2.45) is 0 Å². The van der Waals surface area contributed by atoms with Gasteiger partial charge in [-0.2, -0.15) is 0 Å². The van der Waals surface area contributed by atoms with Gasteiger partial charge in [0.05, 0.1) is 5.60 Å². The molecule has 0 bridgehead atoms. The molecule has 0 saturated carbocycles. The van der Waals surface area contributed by atoms with Gasteiger partial charge in [-0.15, -0.1) is 0 Å². The molecule has 0 fully saturated rings. The number of rotatable bonds is 2. The van der Waals surface area contributed by atoms with Gasteiger partial charge < -0.3 is 0 Å². The molecule has 0 aromatic rings. The largest absolute Gasteiger partial charge is 0.523 e. The third-order valence-corrected chi connectivity index (χ3v) is 1.23. The first-order valence-corrected chi connectivity index (χ1v) is 7.59. The van der Waals surface area contributed by atoms with Crippen molar-refractivity contribution < 1.29 is 9.46 Å². The van der Waals surface area contributed by atoms with Gasteiger partial charge >= 0.3 is 6.25 Å². The van der Waals surface area contributed by atoms with Gasteiger partial charge in [-0.1, -0.05) is 33.2 Å². The summed E-state index contributed by atoms with van der Waals surface area (Å²) >= 11 is 16.1. The molecule has 0 saturated heterocycles. The van der Waals surface area contributed by atoms with Gasteiger partial charge in [0.2, 0.25) is 0 Å². The molecule has 0 aromatic heterocycles. The van der Waals surface area contributed by atoms with Crippen LogP contribution in [0.1, 0.15) is 20.8 Å². The van der Waals surface area contributed by atoms with Crippen molar-refractivity contribution >= 4 is 39.5 Å². The molecule has 0 aliphatic carbocycles. The molecule has 0 atom stereocenters. The van der Waals surface area contributed by atoms with E-state index in [1.165, 1.54) is 0 Å². The Bertz CT molecular complexity index is 92.1. The minimum Gasteiger partial charge on any atom is -0.238 e. The molecule has 0 amide bonds. The molecule has 0 aliphatic rings. The van der Waals surface area contributed by atoms with Crippen LogP contribution in [0.2, 0.25) is 0 Å². The van der Waals surface area contributed by atoms with Crippen LogP contribution in [0.3, 0.4) is 0 Å². The average Bonchev–Trinajstić information content (AvgIpc) is 1.57. The Kier molecular flexibility index (Phi) is 3.97. The van der Waals surface area contributed by atoms with E-state index in [1.807, 2.05) is 0 Å². The van der Waals surface area contributed by atoms with Crippen LogP contribution in [0.5, 0.6) is 0 Å². The Balaban J connectivity index is 3.56. The molecular weight excluding hydrogens is 214 g/mol. The molecule has 0 radical (unpaired) electrons. The molecule has 0 aromatic carbocycles. The van der Waals surface area contributed by atoms with E-state index < -0.39 is 11.8 Å². The van der Waals surface area contributed by atoms with Crippen molar-refractivity contribution in [2.75, 3.05) is 0 Å². The summed E-state index contributed by atoms with van der Waals surface area (Å²) in [5.74, 6) is 0. The van der Waals surface area contributed by atoms with Gasteiger partial charge in [-0.25, -0.2) is 9.46 Å². The van der Waals surface area contributed by atoms with E-state index in [0.29, 0.717) is 0 Å². The third-order valence-electron chi connectivity index (χ3n) is 0.386. The van der Waals surface area contributed by atoms with Crippen molar-refractivity contribution in [1.82, 2.24) is 0 Å². The van der Waals surface area contributed by atoms with Crippen LogP contribution in [-0.2, 0) is 9.46 Å². The Morgan fingerprint density at radius 3 is 1.60 bits per heavy atom. The monoisotopic (exact) mass is 222 g/mol. The second-order valence-electron chi connectivity index (χ2n) is 2.72. The van der Waals surface area contributed by atoms with E-state index in [4.69, 9.17) is 38.1 Å². The van der Waals surface area contributed by atoms with Gasteiger partial charge in [-0.05, 0) is 20.8 Å². The lowest BCUT2D eigenvalue weighted by molar-refractivity contribution is -0.278. The van der Waals surface area contributed by atoms with Gasteiger partial charge in [0.1, 0.15) is 0 Å². The van der Waals surface area contributed by atoms with E-state index in [9.17, 15) is 0 Å². The summed E-state index contributed by atoms with van der Waals surface area (Å²) in [6.07, 6.45) is -3.07. The molecule has 0 rings (SSSR count). The van der Waals surface area contributed by atoms with E-state index in [0.717, 1.165) is 0 Å². The lowest BCUT2D eigenvalue weighted by Gasteiger charge is -2.19. The summed E-state index contributed by atoms with van der Waals surface area (Å²) in [5.41, 5.74) is -0.434. The maximum atomic E-state index is 5.36. The van der Waals surface area contributed by atoms with Gasteiger partial charge in [0.25, 0.3) is 0 Å². The van der Waals surface area contributed by atoms with Crippen LogP contribution in [0.15, 0.2) is 0 Å². The zero-order valence-electron chi connectivity index (χ0n) is 5.95. The fourth-order valence-corrected chi connectivity index (χ4v) is 0.800. The second-order valence-corrected chi connectivity index (χ2v) is 10.3. The van der Waals surface area contributed by atoms with Gasteiger partial charge in [0.15, 0.2) is 0 Å². The Hall–Kier alpha value is 1.01. The lowest BCUT2D eigenvalue weighted by Crippen LogP contribution is -2.26. The molecule has 0 unspecified atom stereocenters. The minimum atomic E-state index is -3.07. The summed E-state index contributed by atoms with van der Waals surface area (Å²) in [4.78, 5) is 4.76. The highest BCUT2D eigenvalue weighted by atomic mass is 35.8. The fourth-order valence-electron chi connectivity index (χ4n) is 0.172. The highest BCUT2D eigenvalue weighted by Crippen LogP contribution is 2.23. The SMILES string of the molecule is CC(C)(C)OO[Si](Cl)(Cl)Cl. The van der Waals surface area contributed by atoms with Crippen LogP contribution in [-0.4, -0.2) is 11.8 Å². The van der Waals surface area contributed by atoms with Gasteiger partial charge in [0, 0.05) is 0 Å². The first kappa shape index (κ1) is 11.0. The van der Waals surface area contributed by atoms with E-state index in [-0.39, 0.29) is 0 Å². The third kappa shape index (κ3) is 9.01. The lowest BCUT2D eigenvalue weighted by atomic mass is 10.2. The van der Waals surface area contributed by atoms with Crippen LogP contribution in [0.25, 0.3) is 0 Å².